The first kappa shape index (κ1) is 15.4. The molecule has 0 saturated carbocycles. The second kappa shape index (κ2) is 5.97. The molecule has 0 aromatic heterocycles. The van der Waals surface area contributed by atoms with Crippen molar-refractivity contribution in [2.24, 2.45) is 5.73 Å². The summed E-state index contributed by atoms with van der Waals surface area (Å²) >= 11 is 0. The highest BCUT2D eigenvalue weighted by Crippen LogP contribution is 2.20. The number of halogens is 2. The second-order valence-corrected chi connectivity index (χ2v) is 6.16. The molecule has 1 fully saturated rings. The van der Waals surface area contributed by atoms with Crippen LogP contribution in [-0.4, -0.2) is 31.9 Å². The molecule has 0 radical (unpaired) electrons. The Kier molecular flexibility index (Phi) is 5.10. The van der Waals surface area contributed by atoms with E-state index in [1.807, 2.05) is 0 Å². The van der Waals surface area contributed by atoms with Crippen LogP contribution in [-0.2, 0) is 10.0 Å². The van der Waals surface area contributed by atoms with Crippen molar-refractivity contribution in [2.75, 3.05) is 13.1 Å². The van der Waals surface area contributed by atoms with Gasteiger partial charge in [0, 0.05) is 19.1 Å². The van der Waals surface area contributed by atoms with Crippen LogP contribution < -0.4 is 5.73 Å². The van der Waals surface area contributed by atoms with Gasteiger partial charge in [0.25, 0.3) is 0 Å². The maximum absolute atomic E-state index is 13.0. The SMILES string of the molecule is Cl.NC1CCCN(S(=O)(=O)c2cccc(F)c2)C1. The van der Waals surface area contributed by atoms with Crippen molar-refractivity contribution in [3.05, 3.63) is 30.1 Å². The van der Waals surface area contributed by atoms with Gasteiger partial charge in [-0.3, -0.25) is 0 Å². The van der Waals surface area contributed by atoms with Gasteiger partial charge in [-0.1, -0.05) is 6.07 Å². The average molecular weight is 295 g/mol. The fourth-order valence-corrected chi connectivity index (χ4v) is 3.54. The van der Waals surface area contributed by atoms with Gasteiger partial charge in [0.1, 0.15) is 5.82 Å². The van der Waals surface area contributed by atoms with E-state index in [2.05, 4.69) is 0 Å². The highest BCUT2D eigenvalue weighted by Gasteiger charge is 2.28. The van der Waals surface area contributed by atoms with Crippen LogP contribution in [0.4, 0.5) is 4.39 Å². The zero-order valence-electron chi connectivity index (χ0n) is 9.75. The Morgan fingerprint density at radius 1 is 1.39 bits per heavy atom. The fourth-order valence-electron chi connectivity index (χ4n) is 1.97. The van der Waals surface area contributed by atoms with Crippen LogP contribution in [0, 0.1) is 5.82 Å². The third-order valence-electron chi connectivity index (χ3n) is 2.85. The van der Waals surface area contributed by atoms with Crippen molar-refractivity contribution in [3.63, 3.8) is 0 Å². The van der Waals surface area contributed by atoms with Crippen LogP contribution in [0.3, 0.4) is 0 Å². The number of hydrogen-bond donors (Lipinski definition) is 1. The second-order valence-electron chi connectivity index (χ2n) is 4.22. The summed E-state index contributed by atoms with van der Waals surface area (Å²) in [6.45, 7) is 0.755. The number of nitrogens with two attached hydrogens (primary N) is 1. The van der Waals surface area contributed by atoms with E-state index in [1.165, 1.54) is 22.5 Å². The molecule has 18 heavy (non-hydrogen) atoms. The monoisotopic (exact) mass is 294 g/mol. The number of sulfonamides is 1. The zero-order valence-corrected chi connectivity index (χ0v) is 11.4. The van der Waals surface area contributed by atoms with Gasteiger partial charge in [0.15, 0.2) is 0 Å². The van der Waals surface area contributed by atoms with Crippen LogP contribution in [0.2, 0.25) is 0 Å². The summed E-state index contributed by atoms with van der Waals surface area (Å²) in [6, 6.07) is 4.92. The summed E-state index contributed by atoms with van der Waals surface area (Å²) in [6.07, 6.45) is 1.57. The first-order chi connectivity index (χ1) is 8.00. The lowest BCUT2D eigenvalue weighted by atomic mass is 10.1. The molecular formula is C11H16ClFN2O2S. The molecule has 7 heteroatoms. The normalized spacial score (nSPS) is 21.3. The highest BCUT2D eigenvalue weighted by atomic mass is 35.5. The van der Waals surface area contributed by atoms with E-state index in [0.29, 0.717) is 13.1 Å². The third kappa shape index (κ3) is 3.20. The van der Waals surface area contributed by atoms with Gasteiger partial charge in [-0.2, -0.15) is 4.31 Å². The maximum Gasteiger partial charge on any atom is 0.243 e. The summed E-state index contributed by atoms with van der Waals surface area (Å²) in [5, 5.41) is 0. The minimum Gasteiger partial charge on any atom is -0.327 e. The Morgan fingerprint density at radius 2 is 2.11 bits per heavy atom. The van der Waals surface area contributed by atoms with Crippen LogP contribution in [0.5, 0.6) is 0 Å². The molecule has 1 aliphatic heterocycles. The van der Waals surface area contributed by atoms with E-state index in [1.54, 1.807) is 0 Å². The van der Waals surface area contributed by atoms with Crippen LogP contribution in [0.15, 0.2) is 29.2 Å². The molecule has 0 spiro atoms. The average Bonchev–Trinajstić information content (AvgIpc) is 2.29. The van der Waals surface area contributed by atoms with E-state index >= 15 is 0 Å². The molecule has 2 rings (SSSR count). The summed E-state index contributed by atoms with van der Waals surface area (Å²) in [5.41, 5.74) is 5.75. The molecule has 0 amide bonds. The van der Waals surface area contributed by atoms with E-state index in [0.717, 1.165) is 18.9 Å². The quantitative estimate of drug-likeness (QED) is 0.896. The van der Waals surface area contributed by atoms with Gasteiger partial charge in [-0.05, 0) is 31.0 Å². The van der Waals surface area contributed by atoms with E-state index in [4.69, 9.17) is 5.73 Å². The summed E-state index contributed by atoms with van der Waals surface area (Å²) in [7, 11) is -3.60. The molecular weight excluding hydrogens is 279 g/mol. The van der Waals surface area contributed by atoms with Crippen LogP contribution >= 0.6 is 12.4 Å². The highest BCUT2D eigenvalue weighted by molar-refractivity contribution is 7.89. The summed E-state index contributed by atoms with van der Waals surface area (Å²) < 4.78 is 38.7. The molecule has 102 valence electrons. The van der Waals surface area contributed by atoms with Gasteiger partial charge in [0.05, 0.1) is 4.90 Å². The van der Waals surface area contributed by atoms with Gasteiger partial charge < -0.3 is 5.73 Å². The Hall–Kier alpha value is -0.690. The largest absolute Gasteiger partial charge is 0.327 e. The molecule has 1 aromatic rings. The third-order valence-corrected chi connectivity index (χ3v) is 4.72. The molecule has 1 atom stereocenters. The molecule has 1 saturated heterocycles. The maximum atomic E-state index is 13.0. The molecule has 4 nitrogen and oxygen atoms in total. The lowest BCUT2D eigenvalue weighted by Crippen LogP contribution is -2.45. The first-order valence-electron chi connectivity index (χ1n) is 5.51. The van der Waals surface area contributed by atoms with Gasteiger partial charge in [0.2, 0.25) is 10.0 Å². The molecule has 0 aliphatic carbocycles. The van der Waals surface area contributed by atoms with Crippen molar-refractivity contribution in [1.82, 2.24) is 4.31 Å². The Morgan fingerprint density at radius 3 is 2.72 bits per heavy atom. The van der Waals surface area contributed by atoms with Crippen LogP contribution in [0.1, 0.15) is 12.8 Å². The minimum atomic E-state index is -3.60. The van der Waals surface area contributed by atoms with Crippen molar-refractivity contribution in [3.8, 4) is 0 Å². The van der Waals surface area contributed by atoms with Gasteiger partial charge >= 0.3 is 0 Å². The molecule has 1 aliphatic rings. The fraction of sp³-hybridized carbons (Fsp3) is 0.455. The Balaban J connectivity index is 0.00000162. The number of benzene rings is 1. The number of rotatable bonds is 2. The Bertz CT molecular complexity index is 510. The van der Waals surface area contributed by atoms with Crippen molar-refractivity contribution >= 4 is 22.4 Å². The molecule has 0 bridgehead atoms. The minimum absolute atomic E-state index is 0. The van der Waals surface area contributed by atoms with Crippen molar-refractivity contribution in [2.45, 2.75) is 23.8 Å². The topological polar surface area (TPSA) is 63.4 Å². The van der Waals surface area contributed by atoms with Crippen LogP contribution in [0.25, 0.3) is 0 Å². The Labute approximate surface area is 112 Å². The predicted molar refractivity (Wildman–Crippen MR) is 69.6 cm³/mol. The molecule has 1 heterocycles. The van der Waals surface area contributed by atoms with Gasteiger partial charge in [-0.15, -0.1) is 12.4 Å². The van der Waals surface area contributed by atoms with Crippen molar-refractivity contribution < 1.29 is 12.8 Å². The number of piperidine rings is 1. The summed E-state index contributed by atoms with van der Waals surface area (Å²) in [5.74, 6) is -0.549. The molecule has 1 aromatic carbocycles. The summed E-state index contributed by atoms with van der Waals surface area (Å²) in [4.78, 5) is -0.00778. The van der Waals surface area contributed by atoms with Crippen molar-refractivity contribution in [1.29, 1.82) is 0 Å². The standard InChI is InChI=1S/C11H15FN2O2S.ClH/c12-9-3-1-5-11(7-9)17(15,16)14-6-2-4-10(13)8-14;/h1,3,5,7,10H,2,4,6,8,13H2;1H. The van der Waals surface area contributed by atoms with E-state index in [-0.39, 0.29) is 23.3 Å². The molecule has 1 unspecified atom stereocenters. The predicted octanol–water partition coefficient (Wildman–Crippen LogP) is 1.36. The molecule has 2 N–H and O–H groups in total. The zero-order chi connectivity index (χ0) is 12.5. The number of nitrogens with zero attached hydrogens (tertiary/aromatic N) is 1. The van der Waals surface area contributed by atoms with E-state index in [9.17, 15) is 12.8 Å². The smallest absolute Gasteiger partial charge is 0.243 e. The lowest BCUT2D eigenvalue weighted by Gasteiger charge is -2.29. The van der Waals surface area contributed by atoms with E-state index < -0.39 is 15.8 Å². The first-order valence-corrected chi connectivity index (χ1v) is 6.95. The lowest BCUT2D eigenvalue weighted by molar-refractivity contribution is 0.316. The number of hydrogen-bond acceptors (Lipinski definition) is 3. The van der Waals surface area contributed by atoms with Gasteiger partial charge in [-0.25, -0.2) is 12.8 Å².